The molecule has 122 valence electrons. The van der Waals surface area contributed by atoms with Gasteiger partial charge in [0.05, 0.1) is 19.3 Å². The van der Waals surface area contributed by atoms with Gasteiger partial charge in [0.2, 0.25) is 0 Å². The maximum atomic E-state index is 6.20. The van der Waals surface area contributed by atoms with Crippen LogP contribution in [-0.4, -0.2) is 38.3 Å². The molecular formula is C20H25NO2. The van der Waals surface area contributed by atoms with Crippen molar-refractivity contribution < 1.29 is 9.47 Å². The molecule has 1 fully saturated rings. The van der Waals surface area contributed by atoms with Crippen LogP contribution in [0.3, 0.4) is 0 Å². The van der Waals surface area contributed by atoms with Gasteiger partial charge in [0.1, 0.15) is 0 Å². The Balaban J connectivity index is 1.73. The summed E-state index contributed by atoms with van der Waals surface area (Å²) in [6.07, 6.45) is 0.108. The standard InChI is InChI=1S/C20H25NO2/c1-22-16-19-15-21(14-17-8-4-2-5-9-17)12-13-23-20(19)18-10-6-3-7-11-18/h2-11,19-20H,12-16H2,1H3/t19-,20?/m1/s1. The molecule has 3 nitrogen and oxygen atoms in total. The average molecular weight is 311 g/mol. The number of hydrogen-bond acceptors (Lipinski definition) is 3. The minimum absolute atomic E-state index is 0.108. The van der Waals surface area contributed by atoms with Crippen molar-refractivity contribution in [2.24, 2.45) is 5.92 Å². The van der Waals surface area contributed by atoms with Gasteiger partial charge < -0.3 is 9.47 Å². The molecule has 23 heavy (non-hydrogen) atoms. The molecule has 0 radical (unpaired) electrons. The summed E-state index contributed by atoms with van der Waals surface area (Å²) in [4.78, 5) is 2.47. The van der Waals surface area contributed by atoms with Crippen molar-refractivity contribution >= 4 is 0 Å². The van der Waals surface area contributed by atoms with Gasteiger partial charge >= 0.3 is 0 Å². The SMILES string of the molecule is COC[C@H]1CN(Cc2ccccc2)CCOC1c1ccccc1. The summed E-state index contributed by atoms with van der Waals surface area (Å²) in [7, 11) is 1.77. The molecule has 0 bridgehead atoms. The van der Waals surface area contributed by atoms with Crippen LogP contribution in [0, 0.1) is 5.92 Å². The zero-order chi connectivity index (χ0) is 15.9. The minimum Gasteiger partial charge on any atom is -0.384 e. The predicted molar refractivity (Wildman–Crippen MR) is 92.2 cm³/mol. The topological polar surface area (TPSA) is 21.7 Å². The van der Waals surface area contributed by atoms with Gasteiger partial charge in [-0.1, -0.05) is 60.7 Å². The molecule has 3 heteroatoms. The number of rotatable bonds is 5. The second-order valence-corrected chi connectivity index (χ2v) is 6.14. The molecule has 2 atom stereocenters. The molecule has 1 heterocycles. The van der Waals surface area contributed by atoms with E-state index in [0.717, 1.165) is 26.2 Å². The van der Waals surface area contributed by atoms with E-state index in [0.29, 0.717) is 12.5 Å². The monoisotopic (exact) mass is 311 g/mol. The van der Waals surface area contributed by atoms with E-state index in [4.69, 9.17) is 9.47 Å². The maximum Gasteiger partial charge on any atom is 0.0888 e. The molecule has 1 aliphatic rings. The third-order valence-electron chi connectivity index (χ3n) is 4.38. The van der Waals surface area contributed by atoms with Crippen LogP contribution in [0.25, 0.3) is 0 Å². The molecule has 2 aromatic carbocycles. The van der Waals surface area contributed by atoms with Crippen molar-refractivity contribution in [3.63, 3.8) is 0 Å². The van der Waals surface area contributed by atoms with Gasteiger partial charge in [0.15, 0.2) is 0 Å². The molecule has 0 N–H and O–H groups in total. The molecule has 0 aliphatic carbocycles. The molecule has 3 rings (SSSR count). The lowest BCUT2D eigenvalue weighted by Crippen LogP contribution is -2.32. The predicted octanol–water partition coefficient (Wildman–Crippen LogP) is 3.52. The number of benzene rings is 2. The fourth-order valence-electron chi connectivity index (χ4n) is 3.31. The van der Waals surface area contributed by atoms with Crippen molar-refractivity contribution in [2.45, 2.75) is 12.6 Å². The first-order chi connectivity index (χ1) is 11.4. The van der Waals surface area contributed by atoms with Crippen LogP contribution >= 0.6 is 0 Å². The molecule has 0 aromatic heterocycles. The number of methoxy groups -OCH3 is 1. The maximum absolute atomic E-state index is 6.20. The van der Waals surface area contributed by atoms with Crippen LogP contribution in [0.15, 0.2) is 60.7 Å². The summed E-state index contributed by atoms with van der Waals surface area (Å²) in [6.45, 7) is 4.38. The van der Waals surface area contributed by atoms with Crippen molar-refractivity contribution in [2.75, 3.05) is 33.4 Å². The minimum atomic E-state index is 0.108. The lowest BCUT2D eigenvalue weighted by atomic mass is 9.95. The molecule has 0 spiro atoms. The van der Waals surface area contributed by atoms with Gasteiger partial charge in [0.25, 0.3) is 0 Å². The first-order valence-corrected chi connectivity index (χ1v) is 8.28. The zero-order valence-corrected chi connectivity index (χ0v) is 13.7. The van der Waals surface area contributed by atoms with Crippen molar-refractivity contribution in [1.29, 1.82) is 0 Å². The van der Waals surface area contributed by atoms with Gasteiger partial charge in [-0.25, -0.2) is 0 Å². The number of nitrogens with zero attached hydrogens (tertiary/aromatic N) is 1. The Morgan fingerprint density at radius 1 is 1.04 bits per heavy atom. The van der Waals surface area contributed by atoms with Gasteiger partial charge in [0, 0.05) is 32.7 Å². The second kappa shape index (κ2) is 8.25. The van der Waals surface area contributed by atoms with E-state index in [1.165, 1.54) is 11.1 Å². The van der Waals surface area contributed by atoms with Crippen LogP contribution in [0.4, 0.5) is 0 Å². The highest BCUT2D eigenvalue weighted by atomic mass is 16.5. The van der Waals surface area contributed by atoms with Crippen molar-refractivity contribution in [3.8, 4) is 0 Å². The zero-order valence-electron chi connectivity index (χ0n) is 13.7. The molecular weight excluding hydrogens is 286 g/mol. The summed E-state index contributed by atoms with van der Waals surface area (Å²) in [5.41, 5.74) is 2.60. The third-order valence-corrected chi connectivity index (χ3v) is 4.38. The van der Waals surface area contributed by atoms with Crippen LogP contribution in [-0.2, 0) is 16.0 Å². The second-order valence-electron chi connectivity index (χ2n) is 6.14. The summed E-state index contributed by atoms with van der Waals surface area (Å²) in [5.74, 6) is 0.341. The van der Waals surface area contributed by atoms with E-state index in [2.05, 4.69) is 59.5 Å². The van der Waals surface area contributed by atoms with E-state index in [9.17, 15) is 0 Å². The fraction of sp³-hybridized carbons (Fsp3) is 0.400. The Bertz CT molecular complexity index is 573. The Morgan fingerprint density at radius 3 is 2.43 bits per heavy atom. The highest BCUT2D eigenvalue weighted by Gasteiger charge is 2.29. The summed E-state index contributed by atoms with van der Waals surface area (Å²) < 4.78 is 11.7. The van der Waals surface area contributed by atoms with Gasteiger partial charge in [-0.05, 0) is 11.1 Å². The summed E-state index contributed by atoms with van der Waals surface area (Å²) in [6, 6.07) is 21.1. The van der Waals surface area contributed by atoms with E-state index in [1.54, 1.807) is 7.11 Å². The van der Waals surface area contributed by atoms with Crippen LogP contribution in [0.5, 0.6) is 0 Å². The van der Waals surface area contributed by atoms with E-state index < -0.39 is 0 Å². The molecule has 1 aliphatic heterocycles. The van der Waals surface area contributed by atoms with Gasteiger partial charge in [-0.15, -0.1) is 0 Å². The highest BCUT2D eigenvalue weighted by molar-refractivity contribution is 5.19. The fourth-order valence-corrected chi connectivity index (χ4v) is 3.31. The largest absolute Gasteiger partial charge is 0.384 e. The Morgan fingerprint density at radius 2 is 1.74 bits per heavy atom. The van der Waals surface area contributed by atoms with E-state index in [1.807, 2.05) is 6.07 Å². The van der Waals surface area contributed by atoms with Crippen molar-refractivity contribution in [3.05, 3.63) is 71.8 Å². The van der Waals surface area contributed by atoms with Crippen LogP contribution < -0.4 is 0 Å². The van der Waals surface area contributed by atoms with Crippen LogP contribution in [0.1, 0.15) is 17.2 Å². The van der Waals surface area contributed by atoms with E-state index in [-0.39, 0.29) is 6.10 Å². The smallest absolute Gasteiger partial charge is 0.0888 e. The molecule has 1 unspecified atom stereocenters. The normalized spacial score (nSPS) is 22.7. The first-order valence-electron chi connectivity index (χ1n) is 8.28. The summed E-state index contributed by atoms with van der Waals surface area (Å²) in [5, 5.41) is 0. The van der Waals surface area contributed by atoms with Crippen molar-refractivity contribution in [1.82, 2.24) is 4.90 Å². The van der Waals surface area contributed by atoms with Gasteiger partial charge in [-0.2, -0.15) is 0 Å². The van der Waals surface area contributed by atoms with Gasteiger partial charge in [-0.3, -0.25) is 4.90 Å². The highest BCUT2D eigenvalue weighted by Crippen LogP contribution is 2.29. The molecule has 1 saturated heterocycles. The molecule has 0 amide bonds. The Hall–Kier alpha value is -1.68. The number of ether oxygens (including phenoxy) is 2. The number of hydrogen-bond donors (Lipinski definition) is 0. The summed E-state index contributed by atoms with van der Waals surface area (Å²) >= 11 is 0. The van der Waals surface area contributed by atoms with Crippen LogP contribution in [0.2, 0.25) is 0 Å². The average Bonchev–Trinajstić information content (AvgIpc) is 2.79. The quantitative estimate of drug-likeness (QED) is 0.843. The third kappa shape index (κ3) is 4.41. The Kier molecular flexibility index (Phi) is 5.81. The lowest BCUT2D eigenvalue weighted by Gasteiger charge is -2.27. The molecule has 0 saturated carbocycles. The molecule has 2 aromatic rings. The first kappa shape index (κ1) is 16.2. The lowest BCUT2D eigenvalue weighted by molar-refractivity contribution is 0.00206. The Labute approximate surface area is 138 Å². The van der Waals surface area contributed by atoms with E-state index >= 15 is 0 Å².